The van der Waals surface area contributed by atoms with Crippen LogP contribution in [0.2, 0.25) is 0 Å². The van der Waals surface area contributed by atoms with Gasteiger partial charge in [-0.2, -0.15) is 0 Å². The highest BCUT2D eigenvalue weighted by Gasteiger charge is 2.31. The van der Waals surface area contributed by atoms with Crippen LogP contribution in [0, 0.1) is 0 Å². The number of benzene rings is 8. The molecule has 1 aliphatic rings. The van der Waals surface area contributed by atoms with Crippen molar-refractivity contribution in [1.82, 2.24) is 20.5 Å². The molecular weight excluding hydrogens is 733 g/mol. The minimum Gasteiger partial charge on any atom is -0.308 e. The van der Waals surface area contributed by atoms with Crippen LogP contribution in [0.4, 0.5) is 0 Å². The number of fused-ring (bicyclic) bond motifs is 9. The van der Waals surface area contributed by atoms with E-state index in [9.17, 15) is 0 Å². The lowest BCUT2D eigenvalue weighted by molar-refractivity contribution is 0.204. The molecule has 11 aromatic rings. The van der Waals surface area contributed by atoms with Crippen LogP contribution >= 0.6 is 22.7 Å². The van der Waals surface area contributed by atoms with E-state index in [0.29, 0.717) is 0 Å². The van der Waals surface area contributed by atoms with Crippen LogP contribution in [-0.4, -0.2) is 4.57 Å². The highest BCUT2D eigenvalue weighted by Crippen LogP contribution is 2.46. The maximum absolute atomic E-state index is 3.91. The van der Waals surface area contributed by atoms with Crippen molar-refractivity contribution < 1.29 is 0 Å². The average Bonchev–Trinajstić information content (AvgIpc) is 3.96. The number of nitrogens with zero attached hydrogens (tertiary/aromatic N) is 1. The zero-order chi connectivity index (χ0) is 37.5. The van der Waals surface area contributed by atoms with E-state index in [0.717, 1.165) is 0 Å². The van der Waals surface area contributed by atoms with Crippen LogP contribution < -0.4 is 16.0 Å². The van der Waals surface area contributed by atoms with Crippen LogP contribution in [0.25, 0.3) is 79.0 Å². The van der Waals surface area contributed by atoms with Crippen molar-refractivity contribution in [2.45, 2.75) is 18.5 Å². The second kappa shape index (κ2) is 13.2. The van der Waals surface area contributed by atoms with Crippen molar-refractivity contribution >= 4 is 84.8 Å². The number of hydrogen-bond acceptors (Lipinski definition) is 5. The minimum absolute atomic E-state index is 0.0174. The molecule has 0 aliphatic carbocycles. The number of para-hydroxylation sites is 2. The summed E-state index contributed by atoms with van der Waals surface area (Å²) in [5, 5.41) is 19.4. The summed E-state index contributed by atoms with van der Waals surface area (Å²) in [7, 11) is 0. The van der Waals surface area contributed by atoms with E-state index >= 15 is 0 Å². The molecule has 2 unspecified atom stereocenters. The fourth-order valence-electron chi connectivity index (χ4n) is 9.11. The van der Waals surface area contributed by atoms with Gasteiger partial charge in [0.15, 0.2) is 0 Å². The zero-order valence-electron chi connectivity index (χ0n) is 30.8. The lowest BCUT2D eigenvalue weighted by Gasteiger charge is -2.39. The predicted molar refractivity (Wildman–Crippen MR) is 243 cm³/mol. The Morgan fingerprint density at radius 2 is 0.930 bits per heavy atom. The Balaban J connectivity index is 0.980. The molecule has 0 radical (unpaired) electrons. The van der Waals surface area contributed by atoms with Crippen molar-refractivity contribution in [2.75, 3.05) is 0 Å². The molecule has 0 bridgehead atoms. The summed E-state index contributed by atoms with van der Waals surface area (Å²) in [5.74, 6) is 0. The molecule has 57 heavy (non-hydrogen) atoms. The van der Waals surface area contributed by atoms with Crippen LogP contribution in [-0.2, 0) is 0 Å². The fraction of sp³-hybridized carbons (Fsp3) is 0.0588. The van der Waals surface area contributed by atoms with Gasteiger partial charge in [-0.05, 0) is 52.6 Å². The Bertz CT molecular complexity index is 3210. The van der Waals surface area contributed by atoms with Crippen LogP contribution in [0.3, 0.4) is 0 Å². The number of aromatic nitrogens is 1. The Hall–Kier alpha value is -6.12. The van der Waals surface area contributed by atoms with Gasteiger partial charge in [-0.1, -0.05) is 152 Å². The number of thiophene rings is 2. The third kappa shape index (κ3) is 5.30. The summed E-state index contributed by atoms with van der Waals surface area (Å²) < 4.78 is 7.70. The molecule has 0 saturated carbocycles. The first-order valence-electron chi connectivity index (χ1n) is 19.5. The molecule has 272 valence electrons. The van der Waals surface area contributed by atoms with Gasteiger partial charge in [0.2, 0.25) is 0 Å². The Morgan fingerprint density at radius 1 is 0.386 bits per heavy atom. The van der Waals surface area contributed by atoms with Gasteiger partial charge in [0.05, 0.1) is 39.9 Å². The molecule has 0 spiro atoms. The molecule has 1 fully saturated rings. The van der Waals surface area contributed by atoms with Crippen molar-refractivity contribution in [3.05, 3.63) is 199 Å². The first-order valence-corrected chi connectivity index (χ1v) is 21.2. The Kier molecular flexibility index (Phi) is 7.68. The maximum Gasteiger partial charge on any atom is 0.0878 e. The monoisotopic (exact) mass is 768 g/mol. The fourth-order valence-corrected chi connectivity index (χ4v) is 11.7. The van der Waals surface area contributed by atoms with Crippen molar-refractivity contribution in [3.63, 3.8) is 0 Å². The normalized spacial score (nSPS) is 17.4. The van der Waals surface area contributed by atoms with Crippen LogP contribution in [0.15, 0.2) is 182 Å². The summed E-state index contributed by atoms with van der Waals surface area (Å²) in [5.41, 5.74) is 9.92. The average molecular weight is 769 g/mol. The van der Waals surface area contributed by atoms with E-state index in [4.69, 9.17) is 0 Å². The van der Waals surface area contributed by atoms with Gasteiger partial charge in [-0.25, -0.2) is 0 Å². The topological polar surface area (TPSA) is 41.0 Å². The van der Waals surface area contributed by atoms with E-state index in [1.54, 1.807) is 0 Å². The largest absolute Gasteiger partial charge is 0.308 e. The first-order chi connectivity index (χ1) is 28.3. The minimum atomic E-state index is -0.0612. The number of rotatable bonds is 5. The van der Waals surface area contributed by atoms with Gasteiger partial charge in [0.1, 0.15) is 0 Å². The van der Waals surface area contributed by atoms with E-state index < -0.39 is 0 Å². The van der Waals surface area contributed by atoms with Crippen molar-refractivity contribution in [1.29, 1.82) is 0 Å². The summed E-state index contributed by atoms with van der Waals surface area (Å²) in [6, 6.07) is 66.4. The maximum atomic E-state index is 3.91. The second-order valence-electron chi connectivity index (χ2n) is 15.0. The Labute approximate surface area is 337 Å². The molecule has 1 saturated heterocycles. The van der Waals surface area contributed by atoms with E-state index in [-0.39, 0.29) is 18.5 Å². The molecule has 6 heteroatoms. The van der Waals surface area contributed by atoms with Gasteiger partial charge in [-0.15, -0.1) is 22.7 Å². The Morgan fingerprint density at radius 3 is 1.61 bits per heavy atom. The summed E-state index contributed by atoms with van der Waals surface area (Å²) in [4.78, 5) is 0. The molecule has 8 aromatic carbocycles. The number of hydrogen-bond donors (Lipinski definition) is 3. The quantitative estimate of drug-likeness (QED) is 0.163. The standard InChI is InChI=1S/C51H36N4S2/c1-3-14-31(15-4-1)49-52-50(32-16-5-2-6-17-32)54-51(53-49)40-24-12-22-39-41-30-33(28-29-45(41)56-47(39)40)34-20-11-21-37-38-23-13-27-44(48(38)57-46(34)37)55-42-25-9-7-18-35(42)36-19-8-10-26-43(36)55/h1-30,49-54H. The molecule has 0 amide bonds. The van der Waals surface area contributed by atoms with Gasteiger partial charge in [0.25, 0.3) is 0 Å². The molecule has 4 heterocycles. The lowest BCUT2D eigenvalue weighted by Crippen LogP contribution is -2.54. The lowest BCUT2D eigenvalue weighted by atomic mass is 9.99. The zero-order valence-corrected chi connectivity index (χ0v) is 32.4. The smallest absolute Gasteiger partial charge is 0.0878 e. The molecule has 2 atom stereocenters. The van der Waals surface area contributed by atoms with Crippen molar-refractivity contribution in [2.24, 2.45) is 0 Å². The molecule has 1 aliphatic heterocycles. The summed E-state index contributed by atoms with van der Waals surface area (Å²) in [6.07, 6.45) is -0.0961. The molecule has 12 rings (SSSR count). The van der Waals surface area contributed by atoms with Crippen molar-refractivity contribution in [3.8, 4) is 16.8 Å². The summed E-state index contributed by atoms with van der Waals surface area (Å²) in [6.45, 7) is 0. The molecular formula is C51H36N4S2. The molecule has 3 N–H and O–H groups in total. The van der Waals surface area contributed by atoms with Gasteiger partial charge in [0, 0.05) is 52.0 Å². The van der Waals surface area contributed by atoms with E-state index in [1.807, 2.05) is 22.7 Å². The van der Waals surface area contributed by atoms with E-state index in [2.05, 4.69) is 203 Å². The second-order valence-corrected chi connectivity index (χ2v) is 17.0. The van der Waals surface area contributed by atoms with Gasteiger partial charge >= 0.3 is 0 Å². The predicted octanol–water partition coefficient (Wildman–Crippen LogP) is 13.4. The van der Waals surface area contributed by atoms with Gasteiger partial charge in [-0.3, -0.25) is 16.0 Å². The summed E-state index contributed by atoms with van der Waals surface area (Å²) >= 11 is 3.80. The van der Waals surface area contributed by atoms with Gasteiger partial charge < -0.3 is 4.57 Å². The third-order valence-corrected chi connectivity index (χ3v) is 14.3. The van der Waals surface area contributed by atoms with Crippen LogP contribution in [0.5, 0.6) is 0 Å². The highest BCUT2D eigenvalue weighted by atomic mass is 32.1. The van der Waals surface area contributed by atoms with Crippen LogP contribution in [0.1, 0.15) is 35.2 Å². The highest BCUT2D eigenvalue weighted by molar-refractivity contribution is 7.27. The molecule has 4 nitrogen and oxygen atoms in total. The molecule has 3 aromatic heterocycles. The number of nitrogens with one attached hydrogen (secondary N) is 3. The first kappa shape index (κ1) is 33.1. The van der Waals surface area contributed by atoms with E-state index in [1.165, 1.54) is 95.7 Å². The third-order valence-electron chi connectivity index (χ3n) is 11.7. The SMILES string of the molecule is c1ccc(C2NC(c3ccccc3)NC(c3cccc4c3sc3ccc(-c5cccc6c5sc5c(-n7c8ccccc8c8ccccc87)cccc56)cc34)N2)cc1.